The molecule has 1 aliphatic rings. The van der Waals surface area contributed by atoms with Crippen molar-refractivity contribution in [2.45, 2.75) is 45.4 Å². The van der Waals surface area contributed by atoms with Gasteiger partial charge in [-0.05, 0) is 42.4 Å². The Labute approximate surface area is 86.2 Å². The molecule has 78 valence electrons. The first-order chi connectivity index (χ1) is 6.77. The van der Waals surface area contributed by atoms with E-state index in [0.29, 0.717) is 5.41 Å². The smallest absolute Gasteiger partial charge is 0.123 e. The van der Waals surface area contributed by atoms with Crippen molar-refractivity contribution >= 4 is 0 Å². The minimum absolute atomic E-state index is 0.134. The van der Waals surface area contributed by atoms with E-state index in [0.717, 1.165) is 0 Å². The summed E-state index contributed by atoms with van der Waals surface area (Å²) in [6.45, 7) is 6.20. The summed E-state index contributed by atoms with van der Waals surface area (Å²) in [7, 11) is 0. The van der Waals surface area contributed by atoms with Gasteiger partial charge in [0.2, 0.25) is 0 Å². The molecule has 1 heteroatoms. The molecule has 1 aromatic carbocycles. The maximum Gasteiger partial charge on any atom is 0.123 e. The van der Waals surface area contributed by atoms with Gasteiger partial charge in [-0.2, -0.15) is 0 Å². The Morgan fingerprint density at radius 3 is 2.00 bits per heavy atom. The lowest BCUT2D eigenvalue weighted by atomic mass is 9.93. The van der Waals surface area contributed by atoms with Crippen molar-refractivity contribution in [1.82, 2.24) is 0 Å². The molecule has 0 aromatic heterocycles. The summed E-state index contributed by atoms with van der Waals surface area (Å²) in [5.41, 5.74) is 1.72. The SMILES string of the molecule is CC.CCC1(c2ccc(F)cc2)CC1. The van der Waals surface area contributed by atoms with Gasteiger partial charge in [-0.1, -0.05) is 32.9 Å². The van der Waals surface area contributed by atoms with Crippen LogP contribution in [0.25, 0.3) is 0 Å². The molecule has 14 heavy (non-hydrogen) atoms. The van der Waals surface area contributed by atoms with Crippen molar-refractivity contribution in [3.63, 3.8) is 0 Å². The number of hydrogen-bond acceptors (Lipinski definition) is 0. The molecule has 0 N–H and O–H groups in total. The van der Waals surface area contributed by atoms with E-state index < -0.39 is 0 Å². The van der Waals surface area contributed by atoms with Gasteiger partial charge in [-0.15, -0.1) is 0 Å². The summed E-state index contributed by atoms with van der Waals surface area (Å²) in [6.07, 6.45) is 3.73. The molecule has 0 aliphatic heterocycles. The monoisotopic (exact) mass is 194 g/mol. The molecule has 1 aromatic rings. The first-order valence-corrected chi connectivity index (χ1v) is 5.53. The van der Waals surface area contributed by atoms with Crippen molar-refractivity contribution in [3.8, 4) is 0 Å². The topological polar surface area (TPSA) is 0 Å². The second-order valence-electron chi connectivity index (χ2n) is 3.64. The Bertz CT molecular complexity index is 270. The Hall–Kier alpha value is -0.850. The van der Waals surface area contributed by atoms with E-state index in [2.05, 4.69) is 6.92 Å². The molecular weight excluding hydrogens is 175 g/mol. The zero-order valence-corrected chi connectivity index (χ0v) is 9.31. The summed E-state index contributed by atoms with van der Waals surface area (Å²) >= 11 is 0. The first-order valence-electron chi connectivity index (χ1n) is 5.53. The molecule has 0 atom stereocenters. The van der Waals surface area contributed by atoms with Crippen LogP contribution in [-0.4, -0.2) is 0 Å². The van der Waals surface area contributed by atoms with Crippen molar-refractivity contribution < 1.29 is 4.39 Å². The minimum Gasteiger partial charge on any atom is -0.207 e. The normalized spacial score (nSPS) is 16.9. The van der Waals surface area contributed by atoms with E-state index in [1.165, 1.54) is 24.8 Å². The highest BCUT2D eigenvalue weighted by Crippen LogP contribution is 2.50. The van der Waals surface area contributed by atoms with Crippen LogP contribution in [0, 0.1) is 5.82 Å². The van der Waals surface area contributed by atoms with E-state index in [1.54, 1.807) is 12.1 Å². The molecule has 0 spiro atoms. The highest BCUT2D eigenvalue weighted by atomic mass is 19.1. The summed E-state index contributed by atoms with van der Waals surface area (Å²) < 4.78 is 12.6. The van der Waals surface area contributed by atoms with Gasteiger partial charge in [0, 0.05) is 0 Å². The largest absolute Gasteiger partial charge is 0.207 e. The van der Waals surface area contributed by atoms with Crippen LogP contribution in [0.1, 0.15) is 45.6 Å². The fourth-order valence-electron chi connectivity index (χ4n) is 1.80. The van der Waals surface area contributed by atoms with Crippen LogP contribution in [0.15, 0.2) is 24.3 Å². The third-order valence-corrected chi connectivity index (χ3v) is 2.99. The van der Waals surface area contributed by atoms with Gasteiger partial charge in [0.1, 0.15) is 5.82 Å². The zero-order chi connectivity index (χ0) is 10.6. The number of benzene rings is 1. The van der Waals surface area contributed by atoms with Crippen molar-refractivity contribution in [1.29, 1.82) is 0 Å². The predicted octanol–water partition coefficient (Wildman–Crippen LogP) is 4.29. The van der Waals surface area contributed by atoms with E-state index >= 15 is 0 Å². The molecule has 0 nitrogen and oxygen atoms in total. The predicted molar refractivity (Wildman–Crippen MR) is 59.0 cm³/mol. The third kappa shape index (κ3) is 2.14. The summed E-state index contributed by atoms with van der Waals surface area (Å²) in [6, 6.07) is 6.97. The third-order valence-electron chi connectivity index (χ3n) is 2.99. The van der Waals surface area contributed by atoms with Crippen molar-refractivity contribution in [3.05, 3.63) is 35.6 Å². The minimum atomic E-state index is -0.134. The van der Waals surface area contributed by atoms with E-state index in [1.807, 2.05) is 26.0 Å². The highest BCUT2D eigenvalue weighted by Gasteiger charge is 2.41. The van der Waals surface area contributed by atoms with Crippen molar-refractivity contribution in [2.24, 2.45) is 0 Å². The van der Waals surface area contributed by atoms with E-state index in [4.69, 9.17) is 0 Å². The number of hydrogen-bond donors (Lipinski definition) is 0. The maximum absolute atomic E-state index is 12.6. The van der Waals surface area contributed by atoms with Crippen LogP contribution in [0.5, 0.6) is 0 Å². The molecule has 0 bridgehead atoms. The lowest BCUT2D eigenvalue weighted by molar-refractivity contribution is 0.620. The summed E-state index contributed by atoms with van der Waals surface area (Å²) in [4.78, 5) is 0. The van der Waals surface area contributed by atoms with Gasteiger partial charge in [0.15, 0.2) is 0 Å². The lowest BCUT2D eigenvalue weighted by Crippen LogP contribution is -2.03. The number of rotatable bonds is 2. The van der Waals surface area contributed by atoms with Gasteiger partial charge in [-0.3, -0.25) is 0 Å². The molecule has 2 rings (SSSR count). The molecule has 0 amide bonds. The van der Waals surface area contributed by atoms with Crippen LogP contribution >= 0.6 is 0 Å². The Kier molecular flexibility index (Phi) is 3.68. The summed E-state index contributed by atoms with van der Waals surface area (Å²) in [5, 5.41) is 0. The highest BCUT2D eigenvalue weighted by molar-refractivity contribution is 5.30. The van der Waals surface area contributed by atoms with Crippen LogP contribution < -0.4 is 0 Å². The average molecular weight is 194 g/mol. The molecule has 1 aliphatic carbocycles. The Morgan fingerprint density at radius 2 is 1.64 bits per heavy atom. The van der Waals surface area contributed by atoms with Gasteiger partial charge >= 0.3 is 0 Å². The lowest BCUT2D eigenvalue weighted by Gasteiger charge is -2.11. The van der Waals surface area contributed by atoms with E-state index in [9.17, 15) is 4.39 Å². The van der Waals surface area contributed by atoms with Crippen LogP contribution in [0.2, 0.25) is 0 Å². The second-order valence-corrected chi connectivity index (χ2v) is 3.64. The Morgan fingerprint density at radius 1 is 1.14 bits per heavy atom. The molecular formula is C13H19F. The van der Waals surface area contributed by atoms with Gasteiger partial charge in [0.05, 0.1) is 0 Å². The fourth-order valence-corrected chi connectivity index (χ4v) is 1.80. The van der Waals surface area contributed by atoms with Crippen LogP contribution in [-0.2, 0) is 5.41 Å². The Balaban J connectivity index is 0.000000461. The first kappa shape index (κ1) is 11.2. The van der Waals surface area contributed by atoms with Crippen LogP contribution in [0.4, 0.5) is 4.39 Å². The molecule has 0 heterocycles. The quantitative estimate of drug-likeness (QED) is 0.658. The fraction of sp³-hybridized carbons (Fsp3) is 0.538. The molecule has 1 fully saturated rings. The zero-order valence-electron chi connectivity index (χ0n) is 9.31. The summed E-state index contributed by atoms with van der Waals surface area (Å²) in [5.74, 6) is -0.134. The second kappa shape index (κ2) is 4.59. The maximum atomic E-state index is 12.6. The average Bonchev–Trinajstić information content (AvgIpc) is 3.03. The number of halogens is 1. The molecule has 0 unspecified atom stereocenters. The van der Waals surface area contributed by atoms with E-state index in [-0.39, 0.29) is 5.82 Å². The molecule has 1 saturated carbocycles. The van der Waals surface area contributed by atoms with Gasteiger partial charge in [-0.25, -0.2) is 4.39 Å². The van der Waals surface area contributed by atoms with Gasteiger partial charge in [0.25, 0.3) is 0 Å². The standard InChI is InChI=1S/C11H13F.C2H6/c1-2-11(7-8-11)9-3-5-10(12)6-4-9;1-2/h3-6H,2,7-8H2,1H3;1-2H3. The van der Waals surface area contributed by atoms with Crippen LogP contribution in [0.3, 0.4) is 0 Å². The van der Waals surface area contributed by atoms with Crippen molar-refractivity contribution in [2.75, 3.05) is 0 Å². The molecule has 0 radical (unpaired) electrons. The van der Waals surface area contributed by atoms with Gasteiger partial charge < -0.3 is 0 Å². The molecule has 0 saturated heterocycles.